The van der Waals surface area contributed by atoms with E-state index in [1.54, 1.807) is 18.1 Å². The van der Waals surface area contributed by atoms with Gasteiger partial charge in [-0.3, -0.25) is 0 Å². The third-order valence-corrected chi connectivity index (χ3v) is 4.03. The van der Waals surface area contributed by atoms with Crippen molar-refractivity contribution in [3.63, 3.8) is 0 Å². The van der Waals surface area contributed by atoms with Crippen molar-refractivity contribution in [3.8, 4) is 11.8 Å². The molecule has 1 fully saturated rings. The van der Waals surface area contributed by atoms with Crippen LogP contribution in [0.4, 0.5) is 4.79 Å². The first-order chi connectivity index (χ1) is 12.3. The summed E-state index contributed by atoms with van der Waals surface area (Å²) >= 11 is 0. The molecule has 1 unspecified atom stereocenters. The molecule has 7 heteroatoms. The van der Waals surface area contributed by atoms with E-state index in [-0.39, 0.29) is 12.2 Å². The second-order valence-corrected chi connectivity index (χ2v) is 7.36. The number of piperidine rings is 1. The Balaban J connectivity index is 1.68. The Morgan fingerprint density at radius 3 is 2.54 bits per heavy atom. The normalized spacial score (nSPS) is 17.8. The van der Waals surface area contributed by atoms with Gasteiger partial charge in [-0.25, -0.2) is 4.79 Å². The third kappa shape index (κ3) is 4.53. The molecule has 1 atom stereocenters. The molecule has 0 aromatic carbocycles. The molecule has 0 spiro atoms. The summed E-state index contributed by atoms with van der Waals surface area (Å²) in [7, 11) is 1.57. The summed E-state index contributed by atoms with van der Waals surface area (Å²) in [4.78, 5) is 22.8. The number of likely N-dealkylation sites (tertiary alicyclic amines) is 1. The predicted molar refractivity (Wildman–Crippen MR) is 97.5 cm³/mol. The van der Waals surface area contributed by atoms with Crippen molar-refractivity contribution in [2.24, 2.45) is 0 Å². The molecule has 3 rings (SSSR count). The largest absolute Gasteiger partial charge is 0.481 e. The SMILES string of the molecule is COc1ccc2ccc(OC3CCCN(C(=O)OC(C)(C)C)C3)nc2n1. The van der Waals surface area contributed by atoms with Crippen LogP contribution < -0.4 is 9.47 Å². The Kier molecular flexibility index (Phi) is 5.15. The van der Waals surface area contributed by atoms with Crippen molar-refractivity contribution in [1.82, 2.24) is 14.9 Å². The van der Waals surface area contributed by atoms with Gasteiger partial charge in [0.15, 0.2) is 5.65 Å². The van der Waals surface area contributed by atoms with Crippen LogP contribution in [0.2, 0.25) is 0 Å². The number of rotatable bonds is 3. The molecular weight excluding hydrogens is 334 g/mol. The van der Waals surface area contributed by atoms with Crippen LogP contribution in [0, 0.1) is 0 Å². The summed E-state index contributed by atoms with van der Waals surface area (Å²) in [5.41, 5.74) is 0.0665. The molecule has 2 aromatic heterocycles. The van der Waals surface area contributed by atoms with Crippen LogP contribution >= 0.6 is 0 Å². The van der Waals surface area contributed by atoms with Crippen molar-refractivity contribution in [1.29, 1.82) is 0 Å². The second-order valence-electron chi connectivity index (χ2n) is 7.36. The van der Waals surface area contributed by atoms with Gasteiger partial charge in [-0.15, -0.1) is 0 Å². The molecular formula is C19H25N3O4. The average Bonchev–Trinajstić information content (AvgIpc) is 2.60. The van der Waals surface area contributed by atoms with Gasteiger partial charge in [0.25, 0.3) is 0 Å². The second kappa shape index (κ2) is 7.35. The fourth-order valence-corrected chi connectivity index (χ4v) is 2.84. The van der Waals surface area contributed by atoms with E-state index in [9.17, 15) is 4.79 Å². The highest BCUT2D eigenvalue weighted by atomic mass is 16.6. The van der Waals surface area contributed by atoms with Crippen LogP contribution in [-0.2, 0) is 4.74 Å². The zero-order chi connectivity index (χ0) is 18.7. The number of ether oxygens (including phenoxy) is 3. The lowest BCUT2D eigenvalue weighted by Gasteiger charge is -2.33. The maximum atomic E-state index is 12.3. The van der Waals surface area contributed by atoms with E-state index in [0.717, 1.165) is 18.2 Å². The molecule has 1 aliphatic heterocycles. The monoisotopic (exact) mass is 359 g/mol. The van der Waals surface area contributed by atoms with Crippen LogP contribution in [0.15, 0.2) is 24.3 Å². The number of carbonyl (C=O) groups excluding carboxylic acids is 1. The van der Waals surface area contributed by atoms with E-state index in [1.807, 2.05) is 39.0 Å². The maximum Gasteiger partial charge on any atom is 0.410 e. The number of aromatic nitrogens is 2. The van der Waals surface area contributed by atoms with Crippen molar-refractivity contribution in [2.75, 3.05) is 20.2 Å². The number of pyridine rings is 2. The highest BCUT2D eigenvalue weighted by Gasteiger charge is 2.28. The number of carbonyl (C=O) groups is 1. The molecule has 0 aliphatic carbocycles. The van der Waals surface area contributed by atoms with Crippen LogP contribution in [-0.4, -0.2) is 52.9 Å². The number of fused-ring (bicyclic) bond motifs is 1. The van der Waals surface area contributed by atoms with Crippen LogP contribution in [0.1, 0.15) is 33.6 Å². The van der Waals surface area contributed by atoms with Gasteiger partial charge < -0.3 is 19.1 Å². The first-order valence-electron chi connectivity index (χ1n) is 8.80. The minimum absolute atomic E-state index is 0.119. The van der Waals surface area contributed by atoms with E-state index in [1.165, 1.54) is 0 Å². The summed E-state index contributed by atoms with van der Waals surface area (Å²) in [5, 5.41) is 0.914. The summed E-state index contributed by atoms with van der Waals surface area (Å²) in [6, 6.07) is 7.44. The van der Waals surface area contributed by atoms with Gasteiger partial charge in [0.2, 0.25) is 11.8 Å². The van der Waals surface area contributed by atoms with Gasteiger partial charge in [0.1, 0.15) is 11.7 Å². The minimum atomic E-state index is -0.504. The van der Waals surface area contributed by atoms with Crippen molar-refractivity contribution >= 4 is 17.1 Å². The predicted octanol–water partition coefficient (Wildman–Crippen LogP) is 3.42. The molecule has 1 amide bonds. The van der Waals surface area contributed by atoms with E-state index in [4.69, 9.17) is 14.2 Å². The number of amides is 1. The standard InChI is InChI=1S/C19H25N3O4/c1-19(2,3)26-18(23)22-11-5-6-14(12-22)25-16-10-8-13-7-9-15(24-4)20-17(13)21-16/h7-10,14H,5-6,11-12H2,1-4H3. The van der Waals surface area contributed by atoms with Gasteiger partial charge >= 0.3 is 6.09 Å². The fourth-order valence-electron chi connectivity index (χ4n) is 2.84. The minimum Gasteiger partial charge on any atom is -0.481 e. The van der Waals surface area contributed by atoms with Crippen LogP contribution in [0.5, 0.6) is 11.8 Å². The number of nitrogens with zero attached hydrogens (tertiary/aromatic N) is 3. The van der Waals surface area contributed by atoms with Gasteiger partial charge in [0, 0.05) is 24.1 Å². The Labute approximate surface area is 153 Å². The molecule has 1 saturated heterocycles. The molecule has 1 aliphatic rings. The molecule has 0 radical (unpaired) electrons. The lowest BCUT2D eigenvalue weighted by molar-refractivity contribution is 0.00725. The van der Waals surface area contributed by atoms with Crippen LogP contribution in [0.3, 0.4) is 0 Å². The van der Waals surface area contributed by atoms with Crippen LogP contribution in [0.25, 0.3) is 11.0 Å². The van der Waals surface area contributed by atoms with E-state index >= 15 is 0 Å². The quantitative estimate of drug-likeness (QED) is 0.836. The summed E-state index contributed by atoms with van der Waals surface area (Å²) in [6.45, 7) is 6.76. The van der Waals surface area contributed by atoms with Gasteiger partial charge in [-0.2, -0.15) is 9.97 Å². The topological polar surface area (TPSA) is 73.8 Å². The van der Waals surface area contributed by atoms with Gasteiger partial charge in [-0.1, -0.05) is 0 Å². The third-order valence-electron chi connectivity index (χ3n) is 4.03. The summed E-state index contributed by atoms with van der Waals surface area (Å²) in [6.07, 6.45) is 1.31. The molecule has 0 bridgehead atoms. The fraction of sp³-hybridized carbons (Fsp3) is 0.526. The molecule has 26 heavy (non-hydrogen) atoms. The maximum absolute atomic E-state index is 12.3. The van der Waals surface area contributed by atoms with E-state index in [0.29, 0.717) is 30.5 Å². The molecule has 7 nitrogen and oxygen atoms in total. The molecule has 2 aromatic rings. The van der Waals surface area contributed by atoms with Gasteiger partial charge in [0.05, 0.1) is 13.7 Å². The zero-order valence-corrected chi connectivity index (χ0v) is 15.7. The zero-order valence-electron chi connectivity index (χ0n) is 15.7. The Hall–Kier alpha value is -2.57. The first-order valence-corrected chi connectivity index (χ1v) is 8.80. The smallest absolute Gasteiger partial charge is 0.410 e. The summed E-state index contributed by atoms with van der Waals surface area (Å²) < 4.78 is 16.6. The lowest BCUT2D eigenvalue weighted by Crippen LogP contribution is -2.46. The molecule has 3 heterocycles. The number of hydrogen-bond donors (Lipinski definition) is 0. The van der Waals surface area contributed by atoms with E-state index in [2.05, 4.69) is 9.97 Å². The highest BCUT2D eigenvalue weighted by Crippen LogP contribution is 2.22. The Bertz CT molecular complexity index is 788. The average molecular weight is 359 g/mol. The molecule has 0 saturated carbocycles. The van der Waals surface area contributed by atoms with Crippen molar-refractivity contribution in [2.45, 2.75) is 45.3 Å². The van der Waals surface area contributed by atoms with Crippen molar-refractivity contribution < 1.29 is 19.0 Å². The Morgan fingerprint density at radius 2 is 1.85 bits per heavy atom. The first kappa shape index (κ1) is 18.2. The van der Waals surface area contributed by atoms with E-state index < -0.39 is 5.60 Å². The molecule has 140 valence electrons. The lowest BCUT2D eigenvalue weighted by atomic mass is 10.1. The number of methoxy groups -OCH3 is 1. The van der Waals surface area contributed by atoms with Crippen molar-refractivity contribution in [3.05, 3.63) is 24.3 Å². The molecule has 0 N–H and O–H groups in total. The summed E-state index contributed by atoms with van der Waals surface area (Å²) in [5.74, 6) is 1.00. The highest BCUT2D eigenvalue weighted by molar-refractivity contribution is 5.75. The Morgan fingerprint density at radius 1 is 1.15 bits per heavy atom. The van der Waals surface area contributed by atoms with Gasteiger partial charge in [-0.05, 0) is 45.7 Å². The number of hydrogen-bond acceptors (Lipinski definition) is 6.